The maximum absolute atomic E-state index is 14.6. The number of ether oxygens (including phenoxy) is 2. The SMILES string of the molecule is C=CC[C@]1(N(NC(=O)OCc2ccccc2)C(=O)OCc2ccccc2)C(=O)C(Cc2ccccc2)=Cc2ccccc21. The third-order valence-corrected chi connectivity index (χ3v) is 7.27. The number of rotatable bonds is 9. The number of benzene rings is 4. The highest BCUT2D eigenvalue weighted by molar-refractivity contribution is 6.11. The quantitative estimate of drug-likeness (QED) is 0.170. The van der Waals surface area contributed by atoms with Gasteiger partial charge in [0.25, 0.3) is 0 Å². The summed E-state index contributed by atoms with van der Waals surface area (Å²) in [7, 11) is 0. The largest absolute Gasteiger partial charge is 0.443 e. The second kappa shape index (κ2) is 13.5. The predicted octanol–water partition coefficient (Wildman–Crippen LogP) is 7.15. The minimum absolute atomic E-state index is 0.00831. The second-order valence-corrected chi connectivity index (χ2v) is 10.2. The number of amides is 2. The Hall–Kier alpha value is -5.43. The predicted molar refractivity (Wildman–Crippen MR) is 164 cm³/mol. The zero-order chi connectivity index (χ0) is 30.1. The van der Waals surface area contributed by atoms with Crippen LogP contribution in [0, 0.1) is 0 Å². The number of ketones is 1. The Morgan fingerprint density at radius 1 is 0.744 bits per heavy atom. The molecule has 0 bridgehead atoms. The number of fused-ring (bicyclic) bond motifs is 1. The molecule has 0 heterocycles. The minimum atomic E-state index is -1.68. The molecule has 1 atom stereocenters. The zero-order valence-corrected chi connectivity index (χ0v) is 23.6. The van der Waals surface area contributed by atoms with Crippen LogP contribution >= 0.6 is 0 Å². The Morgan fingerprint density at radius 2 is 1.28 bits per heavy atom. The van der Waals surface area contributed by atoms with Crippen molar-refractivity contribution in [3.63, 3.8) is 0 Å². The van der Waals surface area contributed by atoms with Gasteiger partial charge >= 0.3 is 12.2 Å². The van der Waals surface area contributed by atoms with E-state index in [0.717, 1.165) is 27.3 Å². The van der Waals surface area contributed by atoms with Crippen LogP contribution in [0.15, 0.2) is 133 Å². The number of Topliss-reactive ketones (excluding diaryl/α,β-unsaturated/α-hetero) is 1. The number of hydrogen-bond acceptors (Lipinski definition) is 5. The van der Waals surface area contributed by atoms with Crippen molar-refractivity contribution in [2.45, 2.75) is 31.6 Å². The topological polar surface area (TPSA) is 84.9 Å². The molecule has 4 aromatic carbocycles. The first-order chi connectivity index (χ1) is 21.0. The van der Waals surface area contributed by atoms with E-state index in [9.17, 15) is 14.4 Å². The third-order valence-electron chi connectivity index (χ3n) is 7.27. The van der Waals surface area contributed by atoms with E-state index in [4.69, 9.17) is 9.47 Å². The third kappa shape index (κ3) is 6.57. The standard InChI is InChI=1S/C36H32N2O5/c1-2-22-36(32-21-13-12-20-30(32)24-31(33(36)39)23-27-14-6-3-7-15-27)38(35(41)43-26-29-18-10-5-11-19-29)37-34(40)42-25-28-16-8-4-9-17-28/h2-21,24H,1,22-23,25-26H2,(H,37,40)/t36-/m1/s1. The molecular formula is C36H32N2O5. The van der Waals surface area contributed by atoms with Crippen LogP contribution < -0.4 is 5.43 Å². The lowest BCUT2D eigenvalue weighted by Gasteiger charge is -2.44. The van der Waals surface area contributed by atoms with Gasteiger partial charge in [-0.05, 0) is 33.9 Å². The smallest absolute Gasteiger partial charge is 0.430 e. The van der Waals surface area contributed by atoms with Crippen LogP contribution in [-0.2, 0) is 39.4 Å². The summed E-state index contributed by atoms with van der Waals surface area (Å²) in [5.41, 5.74) is 5.11. The molecule has 0 saturated heterocycles. The molecule has 7 heteroatoms. The Kier molecular flexibility index (Phi) is 9.12. The fourth-order valence-corrected chi connectivity index (χ4v) is 5.24. The Balaban J connectivity index is 1.54. The summed E-state index contributed by atoms with van der Waals surface area (Å²) in [6.45, 7) is 3.82. The number of carbonyl (C=O) groups excluding carboxylic acids is 3. The molecule has 0 aliphatic heterocycles. The average molecular weight is 573 g/mol. The highest BCUT2D eigenvalue weighted by Crippen LogP contribution is 2.42. The van der Waals surface area contributed by atoms with Gasteiger partial charge in [0.05, 0.1) is 0 Å². The summed E-state index contributed by atoms with van der Waals surface area (Å²) in [4.78, 5) is 41.8. The van der Waals surface area contributed by atoms with Crippen molar-refractivity contribution >= 4 is 24.0 Å². The summed E-state index contributed by atoms with van der Waals surface area (Å²) in [5.74, 6) is -0.352. The average Bonchev–Trinajstić information content (AvgIpc) is 3.05. The molecule has 0 radical (unpaired) electrons. The molecule has 1 N–H and O–H groups in total. The van der Waals surface area contributed by atoms with E-state index >= 15 is 0 Å². The highest BCUT2D eigenvalue weighted by atomic mass is 16.6. The minimum Gasteiger partial charge on any atom is -0.443 e. The highest BCUT2D eigenvalue weighted by Gasteiger charge is 2.52. The van der Waals surface area contributed by atoms with Gasteiger partial charge in [-0.3, -0.25) is 4.79 Å². The van der Waals surface area contributed by atoms with Crippen LogP contribution in [-0.4, -0.2) is 23.0 Å². The van der Waals surface area contributed by atoms with Gasteiger partial charge in [0.2, 0.25) is 0 Å². The molecule has 43 heavy (non-hydrogen) atoms. The van der Waals surface area contributed by atoms with Crippen molar-refractivity contribution in [1.82, 2.24) is 10.4 Å². The van der Waals surface area contributed by atoms with E-state index in [-0.39, 0.29) is 25.4 Å². The van der Waals surface area contributed by atoms with Crippen molar-refractivity contribution in [2.75, 3.05) is 0 Å². The van der Waals surface area contributed by atoms with Gasteiger partial charge in [-0.15, -0.1) is 6.58 Å². The maximum Gasteiger partial charge on any atom is 0.430 e. The molecule has 0 aromatic heterocycles. The number of nitrogens with one attached hydrogen (secondary N) is 1. The normalized spacial score (nSPS) is 15.4. The first kappa shape index (κ1) is 29.1. The van der Waals surface area contributed by atoms with E-state index in [1.54, 1.807) is 18.2 Å². The molecule has 1 aliphatic rings. The summed E-state index contributed by atoms with van der Waals surface area (Å²) in [5, 5.41) is 0.976. The van der Waals surface area contributed by atoms with Gasteiger partial charge in [0.1, 0.15) is 13.2 Å². The number of hydrogen-bond donors (Lipinski definition) is 1. The molecule has 4 aromatic rings. The molecule has 0 spiro atoms. The van der Waals surface area contributed by atoms with Crippen LogP contribution in [0.4, 0.5) is 9.59 Å². The van der Waals surface area contributed by atoms with Crippen LogP contribution in [0.3, 0.4) is 0 Å². The van der Waals surface area contributed by atoms with Crippen LogP contribution in [0.5, 0.6) is 0 Å². The number of nitrogens with zero attached hydrogens (tertiary/aromatic N) is 1. The maximum atomic E-state index is 14.6. The summed E-state index contributed by atoms with van der Waals surface area (Å²) < 4.78 is 11.2. The van der Waals surface area contributed by atoms with Crippen molar-refractivity contribution in [3.05, 3.63) is 161 Å². The van der Waals surface area contributed by atoms with Crippen molar-refractivity contribution in [3.8, 4) is 0 Å². The van der Waals surface area contributed by atoms with Crippen molar-refractivity contribution < 1.29 is 23.9 Å². The Labute approximate surface area is 251 Å². The molecule has 0 saturated carbocycles. The fourth-order valence-electron chi connectivity index (χ4n) is 5.24. The molecule has 2 amide bonds. The molecule has 216 valence electrons. The van der Waals surface area contributed by atoms with Gasteiger partial charge in [-0.2, -0.15) is 5.01 Å². The van der Waals surface area contributed by atoms with E-state index in [1.807, 2.05) is 109 Å². The van der Waals surface area contributed by atoms with Crippen molar-refractivity contribution in [1.29, 1.82) is 0 Å². The summed E-state index contributed by atoms with van der Waals surface area (Å²) in [6, 6.07) is 35.3. The summed E-state index contributed by atoms with van der Waals surface area (Å²) >= 11 is 0. The van der Waals surface area contributed by atoms with Crippen LogP contribution in [0.1, 0.15) is 34.2 Å². The first-order valence-corrected chi connectivity index (χ1v) is 14.0. The number of hydrazine groups is 1. The fraction of sp³-hybridized carbons (Fsp3) is 0.139. The van der Waals surface area contributed by atoms with Crippen LogP contribution in [0.25, 0.3) is 6.08 Å². The van der Waals surface area contributed by atoms with Gasteiger partial charge in [0, 0.05) is 18.4 Å². The molecule has 0 unspecified atom stereocenters. The lowest BCUT2D eigenvalue weighted by Crippen LogP contribution is -2.63. The number of carbonyl (C=O) groups is 3. The van der Waals surface area contributed by atoms with Crippen molar-refractivity contribution in [2.24, 2.45) is 0 Å². The van der Waals surface area contributed by atoms with Gasteiger partial charge in [-0.1, -0.05) is 121 Å². The lowest BCUT2D eigenvalue weighted by atomic mass is 9.72. The first-order valence-electron chi connectivity index (χ1n) is 14.0. The van der Waals surface area contributed by atoms with E-state index in [0.29, 0.717) is 17.6 Å². The van der Waals surface area contributed by atoms with Gasteiger partial charge in [-0.25, -0.2) is 15.0 Å². The molecule has 5 rings (SSSR count). The zero-order valence-electron chi connectivity index (χ0n) is 23.6. The summed E-state index contributed by atoms with van der Waals surface area (Å²) in [6.07, 6.45) is 1.92. The molecule has 1 aliphatic carbocycles. The lowest BCUT2D eigenvalue weighted by molar-refractivity contribution is -0.129. The second-order valence-electron chi connectivity index (χ2n) is 10.2. The Morgan fingerprint density at radius 3 is 1.88 bits per heavy atom. The van der Waals surface area contributed by atoms with Crippen LogP contribution in [0.2, 0.25) is 0 Å². The van der Waals surface area contributed by atoms with Gasteiger partial charge in [0.15, 0.2) is 11.3 Å². The molecule has 7 nitrogen and oxygen atoms in total. The van der Waals surface area contributed by atoms with E-state index < -0.39 is 17.7 Å². The Bertz CT molecular complexity index is 1620. The van der Waals surface area contributed by atoms with E-state index in [1.165, 1.54) is 0 Å². The monoisotopic (exact) mass is 572 g/mol. The van der Waals surface area contributed by atoms with E-state index in [2.05, 4.69) is 12.0 Å². The van der Waals surface area contributed by atoms with Gasteiger partial charge < -0.3 is 9.47 Å². The molecule has 0 fully saturated rings. The molecular weight excluding hydrogens is 540 g/mol.